The first-order valence-electron chi connectivity index (χ1n) is 4.14. The Hall–Kier alpha value is 0.360. The molecule has 0 aliphatic heterocycles. The average molecular weight is 176 g/mol. The number of rotatable bonds is 0. The van der Waals surface area contributed by atoms with E-state index < -0.39 is 5.41 Å². The minimum atomic E-state index is -0.970. The van der Waals surface area contributed by atoms with E-state index in [1.807, 2.05) is 0 Å². The van der Waals surface area contributed by atoms with E-state index in [0.717, 1.165) is 0 Å². The van der Waals surface area contributed by atoms with Crippen LogP contribution in [0.4, 0.5) is 4.39 Å². The first kappa shape index (κ1) is 9.45. The summed E-state index contributed by atoms with van der Waals surface area (Å²) in [6.07, 6.45) is 1.38. The van der Waals surface area contributed by atoms with Gasteiger partial charge < -0.3 is 0 Å². The van der Waals surface area contributed by atoms with E-state index in [1.165, 1.54) is 0 Å². The first-order valence-corrected chi connectivity index (χ1v) is 4.72. The van der Waals surface area contributed by atoms with Gasteiger partial charge in [0.2, 0.25) is 0 Å². The molecule has 2 heteroatoms. The highest BCUT2D eigenvalue weighted by atomic mass is 31.0. The van der Waals surface area contributed by atoms with Crippen molar-refractivity contribution in [2.45, 2.75) is 45.9 Å². The minimum absolute atomic E-state index is 0.198. The van der Waals surface area contributed by atoms with E-state index in [2.05, 4.69) is 36.9 Å². The summed E-state index contributed by atoms with van der Waals surface area (Å²) in [6, 6.07) is 0. The summed E-state index contributed by atoms with van der Waals surface area (Å²) in [5.41, 5.74) is 0.433. The second-order valence-corrected chi connectivity index (χ2v) is 6.23. The third-order valence-electron chi connectivity index (χ3n) is 3.18. The molecule has 0 nitrogen and oxygen atoms in total. The molecule has 1 aliphatic rings. The lowest BCUT2D eigenvalue weighted by Gasteiger charge is -2.55. The van der Waals surface area contributed by atoms with Crippen molar-refractivity contribution >= 4 is 9.24 Å². The molecule has 0 bridgehead atoms. The van der Waals surface area contributed by atoms with Crippen LogP contribution in [0.1, 0.15) is 40.5 Å². The van der Waals surface area contributed by atoms with Crippen molar-refractivity contribution in [3.8, 4) is 0 Å². The summed E-state index contributed by atoms with van der Waals surface area (Å²) in [7, 11) is 2.31. The van der Waals surface area contributed by atoms with Gasteiger partial charge >= 0.3 is 0 Å². The molecule has 0 N–H and O–H groups in total. The smallest absolute Gasteiger partial charge is 0.124 e. The van der Waals surface area contributed by atoms with Gasteiger partial charge in [-0.05, 0) is 23.7 Å². The topological polar surface area (TPSA) is 0 Å². The summed E-state index contributed by atoms with van der Waals surface area (Å²) >= 11 is 0. The van der Waals surface area contributed by atoms with E-state index in [-0.39, 0.29) is 10.8 Å². The largest absolute Gasteiger partial charge is 0.239 e. The zero-order valence-electron chi connectivity index (χ0n) is 7.87. The second kappa shape index (κ2) is 2.19. The first-order chi connectivity index (χ1) is 4.66. The van der Waals surface area contributed by atoms with Gasteiger partial charge in [0.1, 0.15) is 5.41 Å². The Bertz CT molecular complexity index is 159. The van der Waals surface area contributed by atoms with Gasteiger partial charge in [-0.2, -0.15) is 0 Å². The monoisotopic (exact) mass is 176 g/mol. The standard InChI is InChI=1S/C9H18FP/c1-7(2,3)8(4)5-9(10,11)6-8/h5-6,11H2,1-4H3. The molecule has 0 saturated heterocycles. The predicted molar refractivity (Wildman–Crippen MR) is 50.3 cm³/mol. The lowest BCUT2D eigenvalue weighted by molar-refractivity contribution is -0.0676. The van der Waals surface area contributed by atoms with Gasteiger partial charge in [-0.15, -0.1) is 0 Å². The molecule has 1 rings (SSSR count). The van der Waals surface area contributed by atoms with Crippen molar-refractivity contribution in [1.82, 2.24) is 0 Å². The van der Waals surface area contributed by atoms with E-state index in [9.17, 15) is 4.39 Å². The highest BCUT2D eigenvalue weighted by molar-refractivity contribution is 7.18. The predicted octanol–water partition coefficient (Wildman–Crippen LogP) is 3.37. The fraction of sp³-hybridized carbons (Fsp3) is 1.00. The molecule has 66 valence electrons. The quantitative estimate of drug-likeness (QED) is 0.496. The van der Waals surface area contributed by atoms with Crippen LogP contribution in [-0.4, -0.2) is 5.41 Å². The van der Waals surface area contributed by atoms with Gasteiger partial charge in [-0.25, -0.2) is 4.39 Å². The molecule has 0 aromatic heterocycles. The molecule has 1 saturated carbocycles. The Kier molecular flexibility index (Phi) is 1.88. The molecule has 1 aliphatic carbocycles. The Morgan fingerprint density at radius 3 is 1.73 bits per heavy atom. The van der Waals surface area contributed by atoms with Crippen molar-refractivity contribution in [1.29, 1.82) is 0 Å². The fourth-order valence-corrected chi connectivity index (χ4v) is 2.68. The van der Waals surface area contributed by atoms with Crippen LogP contribution in [0.2, 0.25) is 0 Å². The van der Waals surface area contributed by atoms with Gasteiger partial charge in [0.05, 0.1) is 0 Å². The van der Waals surface area contributed by atoms with Crippen LogP contribution in [0.25, 0.3) is 0 Å². The zero-order chi connectivity index (χ0) is 8.91. The highest BCUT2D eigenvalue weighted by Gasteiger charge is 2.55. The summed E-state index contributed by atoms with van der Waals surface area (Å²) in [4.78, 5) is 0. The molecule has 0 aromatic rings. The summed E-state index contributed by atoms with van der Waals surface area (Å²) in [6.45, 7) is 8.74. The molecule has 11 heavy (non-hydrogen) atoms. The molecular weight excluding hydrogens is 158 g/mol. The average Bonchev–Trinajstić information content (AvgIpc) is 1.55. The van der Waals surface area contributed by atoms with Gasteiger partial charge in [0.25, 0.3) is 0 Å². The Balaban J connectivity index is 2.64. The number of hydrogen-bond donors (Lipinski definition) is 0. The summed E-state index contributed by atoms with van der Waals surface area (Å²) in [5, 5.41) is -0.970. The Morgan fingerprint density at radius 1 is 1.27 bits per heavy atom. The minimum Gasteiger partial charge on any atom is -0.239 e. The van der Waals surface area contributed by atoms with Crippen LogP contribution in [0.15, 0.2) is 0 Å². The molecule has 0 amide bonds. The van der Waals surface area contributed by atoms with E-state index >= 15 is 0 Å². The van der Waals surface area contributed by atoms with E-state index in [4.69, 9.17) is 0 Å². The number of halogens is 1. The van der Waals surface area contributed by atoms with Crippen molar-refractivity contribution in [3.63, 3.8) is 0 Å². The maximum Gasteiger partial charge on any atom is 0.124 e. The molecule has 1 unspecified atom stereocenters. The van der Waals surface area contributed by atoms with Gasteiger partial charge in [0, 0.05) is 0 Å². The van der Waals surface area contributed by atoms with Crippen LogP contribution in [0, 0.1) is 10.8 Å². The normalized spacial score (nSPS) is 45.3. The Morgan fingerprint density at radius 2 is 1.64 bits per heavy atom. The fourth-order valence-electron chi connectivity index (χ4n) is 1.78. The van der Waals surface area contributed by atoms with Crippen LogP contribution < -0.4 is 0 Å². The molecular formula is C9H18FP. The van der Waals surface area contributed by atoms with E-state index in [0.29, 0.717) is 12.8 Å². The molecule has 0 aromatic carbocycles. The van der Waals surface area contributed by atoms with Crippen LogP contribution >= 0.6 is 9.24 Å². The third kappa shape index (κ3) is 1.59. The second-order valence-electron chi connectivity index (χ2n) is 5.20. The molecule has 1 fully saturated rings. The third-order valence-corrected chi connectivity index (χ3v) is 3.59. The Labute approximate surface area is 71.1 Å². The van der Waals surface area contributed by atoms with Crippen molar-refractivity contribution in [3.05, 3.63) is 0 Å². The molecule has 0 heterocycles. The van der Waals surface area contributed by atoms with Crippen LogP contribution in [0.5, 0.6) is 0 Å². The van der Waals surface area contributed by atoms with Crippen molar-refractivity contribution < 1.29 is 4.39 Å². The van der Waals surface area contributed by atoms with Crippen LogP contribution in [-0.2, 0) is 0 Å². The lowest BCUT2D eigenvalue weighted by atomic mass is 9.55. The zero-order valence-corrected chi connectivity index (χ0v) is 9.02. The maximum absolute atomic E-state index is 13.2. The molecule has 0 spiro atoms. The van der Waals surface area contributed by atoms with Crippen molar-refractivity contribution in [2.24, 2.45) is 10.8 Å². The molecule has 1 atom stereocenters. The maximum atomic E-state index is 13.2. The van der Waals surface area contributed by atoms with Gasteiger partial charge in [-0.3, -0.25) is 0 Å². The molecule has 0 radical (unpaired) electrons. The van der Waals surface area contributed by atoms with Crippen molar-refractivity contribution in [2.75, 3.05) is 0 Å². The van der Waals surface area contributed by atoms with Gasteiger partial charge in [-0.1, -0.05) is 36.9 Å². The van der Waals surface area contributed by atoms with Crippen LogP contribution in [0.3, 0.4) is 0 Å². The number of hydrogen-bond acceptors (Lipinski definition) is 0. The van der Waals surface area contributed by atoms with E-state index in [1.54, 1.807) is 0 Å². The number of alkyl halides is 1. The highest BCUT2D eigenvalue weighted by Crippen LogP contribution is 2.62. The SMILES string of the molecule is CC(C)(C)C1(C)CC(F)(P)C1. The summed E-state index contributed by atoms with van der Waals surface area (Å²) < 4.78 is 13.2. The lowest BCUT2D eigenvalue weighted by Crippen LogP contribution is -2.50. The van der Waals surface area contributed by atoms with Gasteiger partial charge in [0.15, 0.2) is 0 Å². The summed E-state index contributed by atoms with van der Waals surface area (Å²) in [5.74, 6) is 0.